The average molecular weight is 267 g/mol. The first-order valence-corrected chi connectivity index (χ1v) is 6.89. The summed E-state index contributed by atoms with van der Waals surface area (Å²) in [6.45, 7) is 4.53. The molecule has 3 aromatic rings. The second-order valence-corrected chi connectivity index (χ2v) is 5.00. The van der Waals surface area contributed by atoms with Crippen LogP contribution in [0.3, 0.4) is 0 Å². The molecule has 0 saturated heterocycles. The molecule has 3 nitrogen and oxygen atoms in total. The summed E-state index contributed by atoms with van der Waals surface area (Å²) >= 11 is 0. The molecule has 0 aliphatic rings. The molecule has 2 aromatic carbocycles. The van der Waals surface area contributed by atoms with Crippen LogP contribution < -0.4 is 10.2 Å². The molecule has 20 heavy (non-hydrogen) atoms. The van der Waals surface area contributed by atoms with Crippen molar-refractivity contribution in [1.82, 2.24) is 4.98 Å². The predicted octanol–water partition coefficient (Wildman–Crippen LogP) is 3.78. The maximum atomic E-state index is 12.5. The van der Waals surface area contributed by atoms with Crippen LogP contribution in [-0.2, 0) is 0 Å². The van der Waals surface area contributed by atoms with E-state index in [1.807, 2.05) is 37.3 Å². The van der Waals surface area contributed by atoms with E-state index in [1.165, 1.54) is 0 Å². The van der Waals surface area contributed by atoms with Crippen molar-refractivity contribution < 1.29 is 4.74 Å². The Morgan fingerprint density at radius 1 is 1.25 bits per heavy atom. The SMILES string of the molecule is CCCOc1cc2ccccc2c2c(=O)c(C)c[nH]c12. The maximum absolute atomic E-state index is 12.5. The Labute approximate surface area is 117 Å². The standard InChI is InChI=1S/C17H17NO2/c1-3-8-20-14-9-12-6-4-5-7-13(12)15-16(14)18-10-11(2)17(15)19/h4-7,9-10H,3,8H2,1-2H3,(H,18,19). The number of hydrogen-bond acceptors (Lipinski definition) is 2. The van der Waals surface area contributed by atoms with Crippen molar-refractivity contribution in [3.63, 3.8) is 0 Å². The number of aromatic amines is 1. The molecule has 0 aliphatic carbocycles. The van der Waals surface area contributed by atoms with Gasteiger partial charge in [0.2, 0.25) is 0 Å². The van der Waals surface area contributed by atoms with Gasteiger partial charge in [0, 0.05) is 11.8 Å². The zero-order valence-electron chi connectivity index (χ0n) is 11.7. The molecule has 0 spiro atoms. The third kappa shape index (κ3) is 1.95. The van der Waals surface area contributed by atoms with Gasteiger partial charge in [0.1, 0.15) is 5.75 Å². The Morgan fingerprint density at radius 2 is 2.05 bits per heavy atom. The topological polar surface area (TPSA) is 42.1 Å². The Balaban J connectivity index is 2.44. The molecule has 1 heterocycles. The summed E-state index contributed by atoms with van der Waals surface area (Å²) < 4.78 is 5.80. The zero-order valence-corrected chi connectivity index (χ0v) is 11.7. The molecule has 0 amide bonds. The van der Waals surface area contributed by atoms with Gasteiger partial charge in [0.25, 0.3) is 0 Å². The van der Waals surface area contributed by atoms with Gasteiger partial charge in [-0.15, -0.1) is 0 Å². The van der Waals surface area contributed by atoms with Crippen LogP contribution in [0, 0.1) is 6.92 Å². The van der Waals surface area contributed by atoms with Crippen LogP contribution in [0.2, 0.25) is 0 Å². The van der Waals surface area contributed by atoms with Crippen molar-refractivity contribution in [2.45, 2.75) is 20.3 Å². The molecule has 3 heteroatoms. The van der Waals surface area contributed by atoms with E-state index in [0.29, 0.717) is 12.0 Å². The van der Waals surface area contributed by atoms with Crippen LogP contribution in [0.4, 0.5) is 0 Å². The number of H-pyrrole nitrogens is 1. The molecule has 0 unspecified atom stereocenters. The summed E-state index contributed by atoms with van der Waals surface area (Å²) in [5, 5.41) is 2.72. The number of nitrogens with one attached hydrogen (secondary N) is 1. The third-order valence-electron chi connectivity index (χ3n) is 3.49. The van der Waals surface area contributed by atoms with Gasteiger partial charge in [-0.1, -0.05) is 31.2 Å². The van der Waals surface area contributed by atoms with Crippen molar-refractivity contribution in [3.05, 3.63) is 52.3 Å². The van der Waals surface area contributed by atoms with Crippen LogP contribution in [0.15, 0.2) is 41.3 Å². The fourth-order valence-electron chi connectivity index (χ4n) is 2.47. The molecule has 102 valence electrons. The predicted molar refractivity (Wildman–Crippen MR) is 82.6 cm³/mol. The molecule has 0 fully saturated rings. The molecule has 3 rings (SSSR count). The van der Waals surface area contributed by atoms with Crippen molar-refractivity contribution in [2.24, 2.45) is 0 Å². The van der Waals surface area contributed by atoms with Crippen molar-refractivity contribution in [3.8, 4) is 5.75 Å². The molecule has 0 bridgehead atoms. The van der Waals surface area contributed by atoms with E-state index in [1.54, 1.807) is 6.20 Å². The highest BCUT2D eigenvalue weighted by atomic mass is 16.5. The summed E-state index contributed by atoms with van der Waals surface area (Å²) in [5.41, 5.74) is 1.57. The van der Waals surface area contributed by atoms with Gasteiger partial charge in [0.05, 0.1) is 17.5 Å². The van der Waals surface area contributed by atoms with E-state index < -0.39 is 0 Å². The first kappa shape index (κ1) is 12.7. The lowest BCUT2D eigenvalue weighted by atomic mass is 10.0. The molecule has 0 aliphatic heterocycles. The highest BCUT2D eigenvalue weighted by Gasteiger charge is 2.11. The maximum Gasteiger partial charge on any atom is 0.193 e. The van der Waals surface area contributed by atoms with Crippen LogP contribution >= 0.6 is 0 Å². The zero-order chi connectivity index (χ0) is 14.1. The minimum Gasteiger partial charge on any atom is -0.491 e. The summed E-state index contributed by atoms with van der Waals surface area (Å²) in [5.74, 6) is 0.748. The minimum absolute atomic E-state index is 0.0666. The lowest BCUT2D eigenvalue weighted by Crippen LogP contribution is -2.08. The summed E-state index contributed by atoms with van der Waals surface area (Å²) in [6, 6.07) is 9.92. The quantitative estimate of drug-likeness (QED) is 0.734. The van der Waals surface area contributed by atoms with Gasteiger partial charge < -0.3 is 9.72 Å². The first-order valence-electron chi connectivity index (χ1n) is 6.89. The molecular formula is C17H17NO2. The monoisotopic (exact) mass is 267 g/mol. The van der Waals surface area contributed by atoms with E-state index in [9.17, 15) is 4.79 Å². The van der Waals surface area contributed by atoms with Gasteiger partial charge in [-0.05, 0) is 30.2 Å². The number of benzene rings is 2. The average Bonchev–Trinajstić information content (AvgIpc) is 2.48. The number of hydrogen-bond donors (Lipinski definition) is 1. The van der Waals surface area contributed by atoms with Gasteiger partial charge in [-0.3, -0.25) is 4.79 Å². The van der Waals surface area contributed by atoms with Crippen LogP contribution in [0.1, 0.15) is 18.9 Å². The number of aromatic nitrogens is 1. The minimum atomic E-state index is 0.0666. The Morgan fingerprint density at radius 3 is 2.85 bits per heavy atom. The van der Waals surface area contributed by atoms with Gasteiger partial charge in [-0.25, -0.2) is 0 Å². The second-order valence-electron chi connectivity index (χ2n) is 5.00. The highest BCUT2D eigenvalue weighted by molar-refractivity contribution is 6.08. The largest absolute Gasteiger partial charge is 0.491 e. The Kier molecular flexibility index (Phi) is 3.18. The Hall–Kier alpha value is -2.29. The summed E-state index contributed by atoms with van der Waals surface area (Å²) in [4.78, 5) is 15.7. The first-order chi connectivity index (χ1) is 9.72. The van der Waals surface area contributed by atoms with Crippen LogP contribution in [-0.4, -0.2) is 11.6 Å². The van der Waals surface area contributed by atoms with Crippen molar-refractivity contribution in [2.75, 3.05) is 6.61 Å². The fraction of sp³-hybridized carbons (Fsp3) is 0.235. The smallest absolute Gasteiger partial charge is 0.193 e. The second kappa shape index (κ2) is 5.00. The van der Waals surface area contributed by atoms with E-state index >= 15 is 0 Å². The molecule has 0 atom stereocenters. The van der Waals surface area contributed by atoms with Gasteiger partial charge in [-0.2, -0.15) is 0 Å². The number of rotatable bonds is 3. The number of fused-ring (bicyclic) bond motifs is 3. The van der Waals surface area contributed by atoms with E-state index in [4.69, 9.17) is 4.74 Å². The van der Waals surface area contributed by atoms with E-state index in [2.05, 4.69) is 11.9 Å². The number of pyridine rings is 1. The van der Waals surface area contributed by atoms with Crippen LogP contribution in [0.5, 0.6) is 5.75 Å². The lowest BCUT2D eigenvalue weighted by molar-refractivity contribution is 0.321. The van der Waals surface area contributed by atoms with Crippen molar-refractivity contribution in [1.29, 1.82) is 0 Å². The third-order valence-corrected chi connectivity index (χ3v) is 3.49. The fourth-order valence-corrected chi connectivity index (χ4v) is 2.47. The Bertz CT molecular complexity index is 833. The number of aryl methyl sites for hydroxylation is 1. The molecule has 0 saturated carbocycles. The lowest BCUT2D eigenvalue weighted by Gasteiger charge is -2.11. The number of ether oxygens (including phenoxy) is 1. The van der Waals surface area contributed by atoms with E-state index in [0.717, 1.165) is 34.0 Å². The summed E-state index contributed by atoms with van der Waals surface area (Å²) in [7, 11) is 0. The molecule has 1 N–H and O–H groups in total. The van der Waals surface area contributed by atoms with Gasteiger partial charge >= 0.3 is 0 Å². The van der Waals surface area contributed by atoms with Crippen LogP contribution in [0.25, 0.3) is 21.7 Å². The molecule has 0 radical (unpaired) electrons. The van der Waals surface area contributed by atoms with Gasteiger partial charge in [0.15, 0.2) is 5.43 Å². The molecular weight excluding hydrogens is 250 g/mol. The highest BCUT2D eigenvalue weighted by Crippen LogP contribution is 2.30. The van der Waals surface area contributed by atoms with Crippen molar-refractivity contribution >= 4 is 21.7 Å². The molecule has 1 aromatic heterocycles. The van der Waals surface area contributed by atoms with E-state index in [-0.39, 0.29) is 5.43 Å². The normalized spacial score (nSPS) is 11.1. The summed E-state index contributed by atoms with van der Waals surface area (Å²) in [6.07, 6.45) is 2.68.